The van der Waals surface area contributed by atoms with Gasteiger partial charge in [0, 0.05) is 12.2 Å². The predicted molar refractivity (Wildman–Crippen MR) is 101 cm³/mol. The fourth-order valence-corrected chi connectivity index (χ4v) is 2.64. The maximum atomic E-state index is 12.4. The molecular weight excluding hydrogens is 354 g/mol. The Morgan fingerprint density at radius 3 is 2.48 bits per heavy atom. The fraction of sp³-hybridized carbons (Fsp3) is 0.350. The van der Waals surface area contributed by atoms with Gasteiger partial charge in [-0.3, -0.25) is 9.69 Å². The lowest BCUT2D eigenvalue weighted by Gasteiger charge is -2.18. The number of benzene rings is 2. The van der Waals surface area contributed by atoms with Crippen LogP contribution in [0.25, 0.3) is 0 Å². The van der Waals surface area contributed by atoms with Gasteiger partial charge in [-0.25, -0.2) is 0 Å². The molecule has 7 heteroatoms. The summed E-state index contributed by atoms with van der Waals surface area (Å²) in [6.07, 6.45) is 0. The predicted octanol–water partition coefficient (Wildman–Crippen LogP) is 3.98. The maximum absolute atomic E-state index is 12.4. The van der Waals surface area contributed by atoms with Crippen LogP contribution in [0.2, 0.25) is 0 Å². The van der Waals surface area contributed by atoms with Crippen LogP contribution in [0.1, 0.15) is 16.7 Å². The molecule has 0 aliphatic heterocycles. The zero-order valence-electron chi connectivity index (χ0n) is 15.9. The summed E-state index contributed by atoms with van der Waals surface area (Å²) in [6, 6.07) is 10.5. The molecule has 0 spiro atoms. The molecule has 0 aliphatic carbocycles. The SMILES string of the molecule is COc1cc(CN(C)CC(=O)Nc2ccc(C)c(C)c2)ccc1OC(F)F. The van der Waals surface area contributed by atoms with Crippen molar-refractivity contribution in [1.29, 1.82) is 0 Å². The smallest absolute Gasteiger partial charge is 0.387 e. The number of amides is 1. The van der Waals surface area contributed by atoms with E-state index in [9.17, 15) is 13.6 Å². The molecule has 1 N–H and O–H groups in total. The van der Waals surface area contributed by atoms with Crippen LogP contribution in [0.3, 0.4) is 0 Å². The third kappa shape index (κ3) is 6.21. The van der Waals surface area contributed by atoms with Gasteiger partial charge in [0.1, 0.15) is 0 Å². The minimum Gasteiger partial charge on any atom is -0.493 e. The standard InChI is InChI=1S/C20H24F2N2O3/c1-13-5-7-16(9-14(13)2)23-19(25)12-24(3)11-15-6-8-17(27-20(21)22)18(10-15)26-4/h5-10,20H,11-12H2,1-4H3,(H,23,25). The van der Waals surface area contributed by atoms with Crippen LogP contribution in [0.5, 0.6) is 11.5 Å². The Labute approximate surface area is 157 Å². The molecule has 1 amide bonds. The number of ether oxygens (including phenoxy) is 2. The first-order valence-electron chi connectivity index (χ1n) is 8.46. The van der Waals surface area contributed by atoms with Gasteiger partial charge in [0.2, 0.25) is 5.91 Å². The van der Waals surface area contributed by atoms with Crippen molar-refractivity contribution in [2.45, 2.75) is 27.0 Å². The summed E-state index contributed by atoms with van der Waals surface area (Å²) >= 11 is 0. The number of methoxy groups -OCH3 is 1. The molecule has 0 saturated heterocycles. The number of hydrogen-bond acceptors (Lipinski definition) is 4. The van der Waals surface area contributed by atoms with Crippen LogP contribution in [0.4, 0.5) is 14.5 Å². The Hall–Kier alpha value is -2.67. The summed E-state index contributed by atoms with van der Waals surface area (Å²) in [6.45, 7) is 1.73. The van der Waals surface area contributed by atoms with Gasteiger partial charge >= 0.3 is 6.61 Å². The fourth-order valence-electron chi connectivity index (χ4n) is 2.64. The van der Waals surface area contributed by atoms with E-state index in [4.69, 9.17) is 4.74 Å². The summed E-state index contributed by atoms with van der Waals surface area (Å²) in [5, 5.41) is 2.87. The van der Waals surface area contributed by atoms with Crippen molar-refractivity contribution in [3.05, 3.63) is 53.1 Å². The quantitative estimate of drug-likeness (QED) is 0.755. The number of carbonyl (C=O) groups excluding carboxylic acids is 1. The van der Waals surface area contributed by atoms with Crippen molar-refractivity contribution in [1.82, 2.24) is 4.90 Å². The summed E-state index contributed by atoms with van der Waals surface area (Å²) in [5.74, 6) is 0.0672. The van der Waals surface area contributed by atoms with E-state index in [1.807, 2.05) is 36.9 Å². The molecule has 0 bridgehead atoms. The molecule has 0 radical (unpaired) electrons. The van der Waals surface area contributed by atoms with E-state index in [2.05, 4.69) is 10.1 Å². The molecule has 5 nitrogen and oxygen atoms in total. The normalized spacial score (nSPS) is 11.0. The average Bonchev–Trinajstić information content (AvgIpc) is 2.58. The molecule has 0 atom stereocenters. The van der Waals surface area contributed by atoms with E-state index >= 15 is 0 Å². The summed E-state index contributed by atoms with van der Waals surface area (Å²) < 4.78 is 34.3. The monoisotopic (exact) mass is 378 g/mol. The Morgan fingerprint density at radius 2 is 1.85 bits per heavy atom. The molecule has 0 heterocycles. The van der Waals surface area contributed by atoms with Crippen molar-refractivity contribution in [3.63, 3.8) is 0 Å². The molecule has 0 aliphatic rings. The molecule has 0 fully saturated rings. The van der Waals surface area contributed by atoms with E-state index in [0.717, 1.165) is 16.8 Å². The number of nitrogens with one attached hydrogen (secondary N) is 1. The van der Waals surface area contributed by atoms with Crippen molar-refractivity contribution >= 4 is 11.6 Å². The molecule has 2 aromatic carbocycles. The Kier molecular flexibility index (Phi) is 7.12. The second kappa shape index (κ2) is 9.32. The van der Waals surface area contributed by atoms with Crippen LogP contribution in [0, 0.1) is 13.8 Å². The lowest BCUT2D eigenvalue weighted by atomic mass is 10.1. The zero-order chi connectivity index (χ0) is 20.0. The van der Waals surface area contributed by atoms with Crippen LogP contribution >= 0.6 is 0 Å². The van der Waals surface area contributed by atoms with Crippen molar-refractivity contribution in [2.24, 2.45) is 0 Å². The topological polar surface area (TPSA) is 50.8 Å². The highest BCUT2D eigenvalue weighted by atomic mass is 19.3. The van der Waals surface area contributed by atoms with Crippen LogP contribution in [-0.4, -0.2) is 38.1 Å². The van der Waals surface area contributed by atoms with Gasteiger partial charge in [-0.15, -0.1) is 0 Å². The number of hydrogen-bond donors (Lipinski definition) is 1. The third-order valence-corrected chi connectivity index (χ3v) is 4.10. The van der Waals surface area contributed by atoms with Gasteiger partial charge in [0.15, 0.2) is 11.5 Å². The van der Waals surface area contributed by atoms with Gasteiger partial charge in [-0.05, 0) is 61.9 Å². The first-order valence-corrected chi connectivity index (χ1v) is 8.46. The van der Waals surface area contributed by atoms with Crippen LogP contribution in [0.15, 0.2) is 36.4 Å². The van der Waals surface area contributed by atoms with Crippen molar-refractivity contribution in [2.75, 3.05) is 26.0 Å². The number of anilines is 1. The summed E-state index contributed by atoms with van der Waals surface area (Å²) in [4.78, 5) is 14.0. The molecule has 0 saturated carbocycles. The molecular formula is C20H24F2N2O3. The summed E-state index contributed by atoms with van der Waals surface area (Å²) in [5.41, 5.74) is 3.85. The van der Waals surface area contributed by atoms with Crippen LogP contribution in [-0.2, 0) is 11.3 Å². The van der Waals surface area contributed by atoms with Crippen molar-refractivity contribution < 1.29 is 23.0 Å². The number of halogens is 2. The van der Waals surface area contributed by atoms with E-state index in [1.54, 1.807) is 19.2 Å². The first-order chi connectivity index (χ1) is 12.8. The minimum atomic E-state index is -2.92. The first kappa shape index (κ1) is 20.6. The molecule has 0 aromatic heterocycles. The van der Waals surface area contributed by atoms with Gasteiger partial charge < -0.3 is 14.8 Å². The minimum absolute atomic E-state index is 0.0219. The number of carbonyl (C=O) groups is 1. The number of rotatable bonds is 8. The van der Waals surface area contributed by atoms with Gasteiger partial charge in [-0.2, -0.15) is 8.78 Å². The maximum Gasteiger partial charge on any atom is 0.387 e. The molecule has 27 heavy (non-hydrogen) atoms. The number of aryl methyl sites for hydroxylation is 2. The molecule has 2 aromatic rings. The summed E-state index contributed by atoms with van der Waals surface area (Å²) in [7, 11) is 3.19. The highest BCUT2D eigenvalue weighted by molar-refractivity contribution is 5.92. The van der Waals surface area contributed by atoms with E-state index in [1.165, 1.54) is 18.7 Å². The highest BCUT2D eigenvalue weighted by Crippen LogP contribution is 2.29. The molecule has 146 valence electrons. The number of nitrogens with zero attached hydrogens (tertiary/aromatic N) is 1. The van der Waals surface area contributed by atoms with Crippen molar-refractivity contribution in [3.8, 4) is 11.5 Å². The Balaban J connectivity index is 1.95. The third-order valence-electron chi connectivity index (χ3n) is 4.10. The van der Waals surface area contributed by atoms with Gasteiger partial charge in [0.05, 0.1) is 13.7 Å². The van der Waals surface area contributed by atoms with E-state index in [0.29, 0.717) is 6.54 Å². The van der Waals surface area contributed by atoms with Gasteiger partial charge in [-0.1, -0.05) is 12.1 Å². The lowest BCUT2D eigenvalue weighted by Crippen LogP contribution is -2.29. The Morgan fingerprint density at radius 1 is 1.11 bits per heavy atom. The average molecular weight is 378 g/mol. The number of alkyl halides is 2. The second-order valence-corrected chi connectivity index (χ2v) is 6.38. The van der Waals surface area contributed by atoms with E-state index in [-0.39, 0.29) is 24.0 Å². The lowest BCUT2D eigenvalue weighted by molar-refractivity contribution is -0.117. The highest BCUT2D eigenvalue weighted by Gasteiger charge is 2.13. The Bertz CT molecular complexity index is 797. The largest absolute Gasteiger partial charge is 0.493 e. The molecule has 2 rings (SSSR count). The zero-order valence-corrected chi connectivity index (χ0v) is 15.9. The van der Waals surface area contributed by atoms with Crippen LogP contribution < -0.4 is 14.8 Å². The van der Waals surface area contributed by atoms with E-state index < -0.39 is 6.61 Å². The van der Waals surface area contributed by atoms with Gasteiger partial charge in [0.25, 0.3) is 0 Å². The number of likely N-dealkylation sites (N-methyl/N-ethyl adjacent to an activating group) is 1. The second-order valence-electron chi connectivity index (χ2n) is 6.38. The molecule has 0 unspecified atom stereocenters.